The number of rotatable bonds is 6. The Bertz CT molecular complexity index is 797. The van der Waals surface area contributed by atoms with Crippen LogP contribution < -0.4 is 5.32 Å². The molecule has 1 N–H and O–H groups in total. The highest BCUT2D eigenvalue weighted by molar-refractivity contribution is 5.83. The molecule has 5 nitrogen and oxygen atoms in total. The average molecular weight is 395 g/mol. The zero-order valence-electron chi connectivity index (χ0n) is 16.9. The topological polar surface area (TPSA) is 60.5 Å². The minimum absolute atomic E-state index is 0.163. The Kier molecular flexibility index (Phi) is 6.57. The minimum Gasteiger partial charge on any atom is -0.381 e. The van der Waals surface area contributed by atoms with Crippen LogP contribution in [0.4, 0.5) is 0 Å². The normalized spacial score (nSPS) is 21.4. The van der Waals surface area contributed by atoms with Crippen molar-refractivity contribution in [1.82, 2.24) is 10.3 Å². The maximum Gasteiger partial charge on any atom is 0.226 e. The van der Waals surface area contributed by atoms with Crippen LogP contribution in [0.25, 0.3) is 11.1 Å². The van der Waals surface area contributed by atoms with E-state index in [0.717, 1.165) is 50.9 Å². The second kappa shape index (κ2) is 9.51. The molecule has 1 atom stereocenters. The number of carbonyl (C=O) groups is 1. The molecular formula is C24H30N2O3. The molecule has 29 heavy (non-hydrogen) atoms. The fourth-order valence-electron chi connectivity index (χ4n) is 4.49. The van der Waals surface area contributed by atoms with E-state index in [1.54, 1.807) is 0 Å². The van der Waals surface area contributed by atoms with E-state index in [2.05, 4.69) is 34.6 Å². The third kappa shape index (κ3) is 4.85. The molecule has 4 rings (SSSR count). The van der Waals surface area contributed by atoms with Crippen LogP contribution in [0.15, 0.2) is 48.8 Å². The number of nitrogens with one attached hydrogen (secondary N) is 1. The second-order valence-corrected chi connectivity index (χ2v) is 8.26. The lowest BCUT2D eigenvalue weighted by Crippen LogP contribution is -2.47. The number of aromatic nitrogens is 1. The van der Waals surface area contributed by atoms with Gasteiger partial charge in [0.1, 0.15) is 0 Å². The summed E-state index contributed by atoms with van der Waals surface area (Å²) in [7, 11) is 0. The molecule has 0 unspecified atom stereocenters. The maximum atomic E-state index is 13.4. The standard InChI is InChI=1S/C24H30N2O3/c27-23(26-17-19-4-3-13-29-18-19)24(9-14-28-15-10-24)16-21-5-1-2-6-22(21)20-7-11-25-12-8-20/h1-2,5-8,11-12,19H,3-4,9-10,13-18H2,(H,26,27)/t19-/m1/s1. The lowest BCUT2D eigenvalue weighted by Gasteiger charge is -2.37. The molecule has 0 spiro atoms. The third-order valence-electron chi connectivity index (χ3n) is 6.28. The fourth-order valence-corrected chi connectivity index (χ4v) is 4.49. The lowest BCUT2D eigenvalue weighted by atomic mass is 9.73. The van der Waals surface area contributed by atoms with Gasteiger partial charge in [-0.15, -0.1) is 0 Å². The summed E-state index contributed by atoms with van der Waals surface area (Å²) in [4.78, 5) is 17.5. The van der Waals surface area contributed by atoms with E-state index in [4.69, 9.17) is 9.47 Å². The first-order chi connectivity index (χ1) is 14.3. The van der Waals surface area contributed by atoms with Gasteiger partial charge in [-0.25, -0.2) is 0 Å². The summed E-state index contributed by atoms with van der Waals surface area (Å²) in [6.07, 6.45) is 8.07. The van der Waals surface area contributed by atoms with E-state index >= 15 is 0 Å². The van der Waals surface area contributed by atoms with Crippen molar-refractivity contribution in [3.05, 3.63) is 54.4 Å². The maximum absolute atomic E-state index is 13.4. The van der Waals surface area contributed by atoms with Crippen molar-refractivity contribution in [3.8, 4) is 11.1 Å². The van der Waals surface area contributed by atoms with Gasteiger partial charge in [0.25, 0.3) is 0 Å². The number of ether oxygens (including phenoxy) is 2. The molecule has 1 aromatic carbocycles. The quantitative estimate of drug-likeness (QED) is 0.813. The van der Waals surface area contributed by atoms with Crippen molar-refractivity contribution in [2.75, 3.05) is 33.0 Å². The van der Waals surface area contributed by atoms with E-state index < -0.39 is 5.41 Å². The molecule has 5 heteroatoms. The first kappa shape index (κ1) is 20.0. The molecule has 0 saturated carbocycles. The summed E-state index contributed by atoms with van der Waals surface area (Å²) in [6.45, 7) is 3.57. The number of carbonyl (C=O) groups excluding carboxylic acids is 1. The van der Waals surface area contributed by atoms with Gasteiger partial charge in [-0.1, -0.05) is 24.3 Å². The summed E-state index contributed by atoms with van der Waals surface area (Å²) in [5, 5.41) is 3.26. The predicted octanol–water partition coefficient (Wildman–Crippen LogP) is 3.63. The Labute approximate surface area is 172 Å². The van der Waals surface area contributed by atoms with Crippen molar-refractivity contribution in [2.45, 2.75) is 32.1 Å². The van der Waals surface area contributed by atoms with Gasteiger partial charge >= 0.3 is 0 Å². The zero-order valence-corrected chi connectivity index (χ0v) is 16.9. The van der Waals surface area contributed by atoms with Crippen molar-refractivity contribution >= 4 is 5.91 Å². The van der Waals surface area contributed by atoms with Crippen LogP contribution in [0, 0.1) is 11.3 Å². The highest BCUT2D eigenvalue weighted by Crippen LogP contribution is 2.37. The van der Waals surface area contributed by atoms with Gasteiger partial charge in [-0.2, -0.15) is 0 Å². The van der Waals surface area contributed by atoms with Crippen LogP contribution in [0.2, 0.25) is 0 Å². The van der Waals surface area contributed by atoms with E-state index in [1.165, 1.54) is 11.1 Å². The van der Waals surface area contributed by atoms with Crippen LogP contribution in [0.5, 0.6) is 0 Å². The SMILES string of the molecule is O=C(NC[C@H]1CCCOC1)C1(Cc2ccccc2-c2ccncc2)CCOCC1. The van der Waals surface area contributed by atoms with Crippen LogP contribution in [0.3, 0.4) is 0 Å². The highest BCUT2D eigenvalue weighted by Gasteiger charge is 2.40. The number of hydrogen-bond donors (Lipinski definition) is 1. The molecule has 0 aliphatic carbocycles. The molecule has 3 heterocycles. The molecule has 2 saturated heterocycles. The lowest BCUT2D eigenvalue weighted by molar-refractivity contribution is -0.137. The Hall–Kier alpha value is -2.24. The Morgan fingerprint density at radius 2 is 1.86 bits per heavy atom. The van der Waals surface area contributed by atoms with Gasteiger partial charge in [0, 0.05) is 38.8 Å². The molecule has 154 valence electrons. The molecule has 1 amide bonds. The van der Waals surface area contributed by atoms with Gasteiger partial charge in [-0.05, 0) is 66.8 Å². The Balaban J connectivity index is 1.54. The van der Waals surface area contributed by atoms with E-state index in [9.17, 15) is 4.79 Å². The monoisotopic (exact) mass is 394 g/mol. The summed E-state index contributed by atoms with van der Waals surface area (Å²) in [5.41, 5.74) is 3.10. The summed E-state index contributed by atoms with van der Waals surface area (Å²) < 4.78 is 11.2. The smallest absolute Gasteiger partial charge is 0.226 e. The van der Waals surface area contributed by atoms with Crippen molar-refractivity contribution in [1.29, 1.82) is 0 Å². The first-order valence-electron chi connectivity index (χ1n) is 10.7. The largest absolute Gasteiger partial charge is 0.381 e. The second-order valence-electron chi connectivity index (χ2n) is 8.26. The van der Waals surface area contributed by atoms with Crippen LogP contribution >= 0.6 is 0 Å². The van der Waals surface area contributed by atoms with Gasteiger partial charge in [0.05, 0.1) is 12.0 Å². The minimum atomic E-state index is -0.420. The summed E-state index contributed by atoms with van der Waals surface area (Å²) in [5.74, 6) is 0.588. The zero-order chi connectivity index (χ0) is 19.9. The summed E-state index contributed by atoms with van der Waals surface area (Å²) >= 11 is 0. The van der Waals surface area contributed by atoms with E-state index in [-0.39, 0.29) is 5.91 Å². The number of amides is 1. The van der Waals surface area contributed by atoms with Crippen molar-refractivity contribution < 1.29 is 14.3 Å². The van der Waals surface area contributed by atoms with E-state index in [1.807, 2.05) is 24.5 Å². The predicted molar refractivity (Wildman–Crippen MR) is 112 cm³/mol. The average Bonchev–Trinajstić information content (AvgIpc) is 2.80. The molecule has 2 fully saturated rings. The molecule has 2 aliphatic heterocycles. The van der Waals surface area contributed by atoms with Gasteiger partial charge in [0.2, 0.25) is 5.91 Å². The molecule has 2 aromatic rings. The first-order valence-corrected chi connectivity index (χ1v) is 10.7. The number of pyridine rings is 1. The molecule has 0 bridgehead atoms. The number of benzene rings is 1. The number of nitrogens with zero attached hydrogens (tertiary/aromatic N) is 1. The molecule has 1 aromatic heterocycles. The van der Waals surface area contributed by atoms with E-state index in [0.29, 0.717) is 25.7 Å². The Morgan fingerprint density at radius 3 is 2.62 bits per heavy atom. The van der Waals surface area contributed by atoms with Gasteiger partial charge in [-0.3, -0.25) is 9.78 Å². The van der Waals surface area contributed by atoms with Gasteiger partial charge in [0.15, 0.2) is 0 Å². The number of hydrogen-bond acceptors (Lipinski definition) is 4. The highest BCUT2D eigenvalue weighted by atomic mass is 16.5. The van der Waals surface area contributed by atoms with Crippen LogP contribution in [-0.2, 0) is 20.7 Å². The molecule has 2 aliphatic rings. The fraction of sp³-hybridized carbons (Fsp3) is 0.500. The van der Waals surface area contributed by atoms with Crippen molar-refractivity contribution in [3.63, 3.8) is 0 Å². The third-order valence-corrected chi connectivity index (χ3v) is 6.28. The van der Waals surface area contributed by atoms with Crippen LogP contribution in [0.1, 0.15) is 31.2 Å². The van der Waals surface area contributed by atoms with Crippen LogP contribution in [-0.4, -0.2) is 43.9 Å². The molecular weight excluding hydrogens is 364 g/mol. The van der Waals surface area contributed by atoms with Gasteiger partial charge < -0.3 is 14.8 Å². The Morgan fingerprint density at radius 1 is 1.07 bits per heavy atom. The summed E-state index contributed by atoms with van der Waals surface area (Å²) in [6, 6.07) is 12.4. The van der Waals surface area contributed by atoms with Crippen molar-refractivity contribution in [2.24, 2.45) is 11.3 Å². The molecule has 0 radical (unpaired) electrons.